The van der Waals surface area contributed by atoms with Crippen LogP contribution in [0.5, 0.6) is 0 Å². The lowest BCUT2D eigenvalue weighted by molar-refractivity contribution is -0.385. The lowest BCUT2D eigenvalue weighted by Crippen LogP contribution is -2.23. The van der Waals surface area contributed by atoms with Gasteiger partial charge in [0.15, 0.2) is 0 Å². The summed E-state index contributed by atoms with van der Waals surface area (Å²) in [4.78, 5) is 22.4. The van der Waals surface area contributed by atoms with Crippen LogP contribution in [0.3, 0.4) is 0 Å². The molecule has 0 aliphatic rings. The van der Waals surface area contributed by atoms with Gasteiger partial charge in [-0.3, -0.25) is 14.9 Å². The van der Waals surface area contributed by atoms with Gasteiger partial charge in [-0.05, 0) is 40.9 Å². The normalized spacial score (nSPS) is 10.3. The number of carbonyl (C=O) groups excluding carboxylic acids is 1. The van der Waals surface area contributed by atoms with Gasteiger partial charge >= 0.3 is 5.69 Å². The summed E-state index contributed by atoms with van der Waals surface area (Å²) in [6.07, 6.45) is 0. The zero-order valence-corrected chi connectivity index (χ0v) is 12.1. The molecule has 2 aromatic rings. The predicted molar refractivity (Wildman–Crippen MR) is 78.3 cm³/mol. The highest BCUT2D eigenvalue weighted by atomic mass is 35.5. The number of thiophene rings is 1. The zero-order valence-electron chi connectivity index (χ0n) is 10.6. The summed E-state index contributed by atoms with van der Waals surface area (Å²) in [5, 5.41) is 17.5. The lowest BCUT2D eigenvalue weighted by Gasteiger charge is -2.06. The third kappa shape index (κ3) is 2.97. The van der Waals surface area contributed by atoms with E-state index in [1.165, 1.54) is 18.2 Å². The number of para-hydroxylation sites is 1. The number of nitrogens with one attached hydrogen (secondary N) is 1. The first-order chi connectivity index (χ1) is 9.50. The number of aryl methyl sites for hydroxylation is 1. The van der Waals surface area contributed by atoms with E-state index in [9.17, 15) is 14.9 Å². The Hall–Kier alpha value is -1.92. The van der Waals surface area contributed by atoms with Crippen molar-refractivity contribution >= 4 is 34.5 Å². The van der Waals surface area contributed by atoms with Crippen LogP contribution < -0.4 is 5.32 Å². The van der Waals surface area contributed by atoms with Gasteiger partial charge in [0.25, 0.3) is 5.91 Å². The summed E-state index contributed by atoms with van der Waals surface area (Å²) in [6, 6.07) is 4.29. The molecule has 104 valence electrons. The van der Waals surface area contributed by atoms with Crippen LogP contribution in [0.1, 0.15) is 21.5 Å². The summed E-state index contributed by atoms with van der Waals surface area (Å²) in [5.41, 5.74) is 1.67. The van der Waals surface area contributed by atoms with Crippen molar-refractivity contribution in [3.8, 4) is 0 Å². The number of hydrogen-bond acceptors (Lipinski definition) is 4. The first-order valence-corrected chi connectivity index (χ1v) is 7.05. The lowest BCUT2D eigenvalue weighted by atomic mass is 10.1. The summed E-state index contributed by atoms with van der Waals surface area (Å²) in [5.74, 6) is -0.509. The molecular formula is C13H11ClN2O3S. The summed E-state index contributed by atoms with van der Waals surface area (Å²) in [7, 11) is 0. The van der Waals surface area contributed by atoms with Crippen LogP contribution in [0.2, 0.25) is 5.02 Å². The molecule has 2 rings (SSSR count). The molecule has 0 saturated carbocycles. The Bertz CT molecular complexity index is 669. The second-order valence-corrected chi connectivity index (χ2v) is 5.31. The summed E-state index contributed by atoms with van der Waals surface area (Å²) in [6.45, 7) is 2.28. The van der Waals surface area contributed by atoms with Crippen molar-refractivity contribution in [1.82, 2.24) is 5.32 Å². The number of nitrogens with zero attached hydrogens (tertiary/aromatic N) is 1. The topological polar surface area (TPSA) is 72.2 Å². The van der Waals surface area contributed by atoms with E-state index >= 15 is 0 Å². The quantitative estimate of drug-likeness (QED) is 0.693. The van der Waals surface area contributed by atoms with Crippen molar-refractivity contribution in [2.75, 3.05) is 0 Å². The molecule has 0 fully saturated rings. The van der Waals surface area contributed by atoms with Crippen LogP contribution in [-0.4, -0.2) is 10.8 Å². The Morgan fingerprint density at radius 2 is 2.20 bits per heavy atom. The van der Waals surface area contributed by atoms with Crippen molar-refractivity contribution in [2.24, 2.45) is 0 Å². The van der Waals surface area contributed by atoms with Crippen LogP contribution in [-0.2, 0) is 6.54 Å². The number of nitro groups is 1. The molecule has 7 heteroatoms. The molecular weight excluding hydrogens is 300 g/mol. The monoisotopic (exact) mass is 310 g/mol. The molecule has 0 bridgehead atoms. The fraction of sp³-hybridized carbons (Fsp3) is 0.154. The third-order valence-corrected chi connectivity index (χ3v) is 4.03. The van der Waals surface area contributed by atoms with E-state index in [-0.39, 0.29) is 16.3 Å². The molecule has 0 radical (unpaired) electrons. The molecule has 1 aromatic carbocycles. The second kappa shape index (κ2) is 6.02. The Labute approximate surface area is 124 Å². The standard InChI is InChI=1S/C13H11ClN2O3S/c1-8-6-20-7-9(8)5-15-13(17)10-3-2-4-11(14)12(10)16(18)19/h2-4,6-7H,5H2,1H3,(H,15,17). The van der Waals surface area contributed by atoms with Gasteiger partial charge in [0.05, 0.1) is 4.92 Å². The van der Waals surface area contributed by atoms with E-state index in [2.05, 4.69) is 5.32 Å². The molecule has 5 nitrogen and oxygen atoms in total. The van der Waals surface area contributed by atoms with Crippen molar-refractivity contribution < 1.29 is 9.72 Å². The first kappa shape index (κ1) is 14.5. The van der Waals surface area contributed by atoms with Crippen LogP contribution in [0.15, 0.2) is 29.0 Å². The molecule has 1 heterocycles. The number of amides is 1. The number of nitro benzene ring substituents is 1. The van der Waals surface area contributed by atoms with Gasteiger partial charge < -0.3 is 5.32 Å². The summed E-state index contributed by atoms with van der Waals surface area (Å²) >= 11 is 7.32. The van der Waals surface area contributed by atoms with Crippen molar-refractivity contribution in [2.45, 2.75) is 13.5 Å². The molecule has 0 spiro atoms. The van der Waals surface area contributed by atoms with Gasteiger partial charge in [-0.15, -0.1) is 0 Å². The Kier molecular flexibility index (Phi) is 4.36. The van der Waals surface area contributed by atoms with Gasteiger partial charge in [-0.1, -0.05) is 17.7 Å². The SMILES string of the molecule is Cc1cscc1CNC(=O)c1cccc(Cl)c1[N+](=O)[O-]. The molecule has 0 saturated heterocycles. The van der Waals surface area contributed by atoms with Crippen LogP contribution in [0.25, 0.3) is 0 Å². The van der Waals surface area contributed by atoms with Gasteiger partial charge in [-0.2, -0.15) is 11.3 Å². The van der Waals surface area contributed by atoms with Crippen LogP contribution in [0.4, 0.5) is 5.69 Å². The van der Waals surface area contributed by atoms with Gasteiger partial charge in [-0.25, -0.2) is 0 Å². The van der Waals surface area contributed by atoms with Crippen LogP contribution >= 0.6 is 22.9 Å². The Morgan fingerprint density at radius 3 is 2.80 bits per heavy atom. The Morgan fingerprint density at radius 1 is 1.45 bits per heavy atom. The first-order valence-electron chi connectivity index (χ1n) is 5.73. The maximum Gasteiger partial charge on any atom is 0.300 e. The van der Waals surface area contributed by atoms with Crippen LogP contribution in [0, 0.1) is 17.0 Å². The van der Waals surface area contributed by atoms with Crippen molar-refractivity contribution in [3.05, 3.63) is 60.8 Å². The second-order valence-electron chi connectivity index (χ2n) is 4.16. The predicted octanol–water partition coefficient (Wildman–Crippen LogP) is 3.55. The number of halogens is 1. The number of carbonyl (C=O) groups is 1. The van der Waals surface area contributed by atoms with E-state index < -0.39 is 10.8 Å². The minimum Gasteiger partial charge on any atom is -0.348 e. The highest BCUT2D eigenvalue weighted by Crippen LogP contribution is 2.28. The van der Waals surface area contributed by atoms with Gasteiger partial charge in [0, 0.05) is 6.54 Å². The van der Waals surface area contributed by atoms with E-state index in [4.69, 9.17) is 11.6 Å². The van der Waals surface area contributed by atoms with Gasteiger partial charge in [0.2, 0.25) is 0 Å². The molecule has 0 aliphatic heterocycles. The van der Waals surface area contributed by atoms with E-state index in [0.29, 0.717) is 6.54 Å². The highest BCUT2D eigenvalue weighted by molar-refractivity contribution is 7.08. The Balaban J connectivity index is 2.20. The molecule has 1 aromatic heterocycles. The summed E-state index contributed by atoms with van der Waals surface area (Å²) < 4.78 is 0. The smallest absolute Gasteiger partial charge is 0.300 e. The molecule has 1 amide bonds. The van der Waals surface area contributed by atoms with E-state index in [1.807, 2.05) is 17.7 Å². The molecule has 0 unspecified atom stereocenters. The highest BCUT2D eigenvalue weighted by Gasteiger charge is 2.23. The minimum atomic E-state index is -0.646. The minimum absolute atomic E-state index is 0.0321. The van der Waals surface area contributed by atoms with Crippen molar-refractivity contribution in [3.63, 3.8) is 0 Å². The molecule has 20 heavy (non-hydrogen) atoms. The number of benzene rings is 1. The van der Waals surface area contributed by atoms with E-state index in [1.54, 1.807) is 11.3 Å². The molecule has 0 aliphatic carbocycles. The molecule has 1 N–H and O–H groups in total. The average molecular weight is 311 g/mol. The maximum absolute atomic E-state index is 12.1. The third-order valence-electron chi connectivity index (χ3n) is 2.82. The average Bonchev–Trinajstić information content (AvgIpc) is 2.80. The number of hydrogen-bond donors (Lipinski definition) is 1. The zero-order chi connectivity index (χ0) is 14.7. The fourth-order valence-electron chi connectivity index (χ4n) is 1.72. The van der Waals surface area contributed by atoms with Gasteiger partial charge in [0.1, 0.15) is 10.6 Å². The van der Waals surface area contributed by atoms with Crippen molar-refractivity contribution in [1.29, 1.82) is 0 Å². The number of rotatable bonds is 4. The molecule has 0 atom stereocenters. The maximum atomic E-state index is 12.1. The van der Waals surface area contributed by atoms with E-state index in [0.717, 1.165) is 11.1 Å². The largest absolute Gasteiger partial charge is 0.348 e. The fourth-order valence-corrected chi connectivity index (χ4v) is 2.82.